The van der Waals surface area contributed by atoms with Gasteiger partial charge in [-0.2, -0.15) is 0 Å². The number of hydrogen-bond donors (Lipinski definition) is 1. The molecule has 0 amide bonds. The zero-order valence-corrected chi connectivity index (χ0v) is 12.6. The predicted molar refractivity (Wildman–Crippen MR) is 84.6 cm³/mol. The molecule has 0 fully saturated rings. The van der Waals surface area contributed by atoms with Crippen molar-refractivity contribution < 1.29 is 9.84 Å². The van der Waals surface area contributed by atoms with E-state index in [-0.39, 0.29) is 12.2 Å². The number of rotatable bonds is 11. The Labute approximate surface area is 123 Å². The Hall–Kier alpha value is -1.12. The van der Waals surface area contributed by atoms with Crippen LogP contribution in [0.5, 0.6) is 0 Å². The fourth-order valence-corrected chi connectivity index (χ4v) is 2.26. The molecule has 0 aliphatic heterocycles. The standard InChI is InChI=1S/C18H28O2/c1-3-5-7-13-17(19)14-18(10-4-2)20-15-16-11-8-6-9-12-16/h4,6,8-9,11-12,17-19H,2-3,5,7,10,13-15H2,1H3/t17-,18+/m1/s1. The third kappa shape index (κ3) is 7.46. The Bertz CT molecular complexity index is 348. The van der Waals surface area contributed by atoms with Crippen molar-refractivity contribution in [2.24, 2.45) is 0 Å². The van der Waals surface area contributed by atoms with Crippen LogP contribution < -0.4 is 0 Å². The Kier molecular flexibility index (Phi) is 9.01. The lowest BCUT2D eigenvalue weighted by molar-refractivity contribution is 0.00353. The molecule has 0 aliphatic rings. The summed E-state index contributed by atoms with van der Waals surface area (Å²) in [6, 6.07) is 10.1. The molecular formula is C18H28O2. The van der Waals surface area contributed by atoms with E-state index >= 15 is 0 Å². The maximum absolute atomic E-state index is 10.1. The fraction of sp³-hybridized carbons (Fsp3) is 0.556. The van der Waals surface area contributed by atoms with Gasteiger partial charge >= 0.3 is 0 Å². The van der Waals surface area contributed by atoms with Gasteiger partial charge in [-0.05, 0) is 24.8 Å². The highest BCUT2D eigenvalue weighted by molar-refractivity contribution is 5.13. The average Bonchev–Trinajstić information content (AvgIpc) is 2.46. The van der Waals surface area contributed by atoms with Gasteiger partial charge < -0.3 is 9.84 Å². The zero-order valence-electron chi connectivity index (χ0n) is 12.6. The first-order valence-corrected chi connectivity index (χ1v) is 7.70. The van der Waals surface area contributed by atoms with Gasteiger partial charge in [-0.25, -0.2) is 0 Å². The molecule has 0 spiro atoms. The van der Waals surface area contributed by atoms with Gasteiger partial charge in [0.05, 0.1) is 18.8 Å². The van der Waals surface area contributed by atoms with E-state index in [4.69, 9.17) is 4.74 Å². The molecule has 2 nitrogen and oxygen atoms in total. The van der Waals surface area contributed by atoms with E-state index in [1.54, 1.807) is 0 Å². The van der Waals surface area contributed by atoms with Crippen LogP contribution in [0.1, 0.15) is 51.0 Å². The van der Waals surface area contributed by atoms with Crippen molar-refractivity contribution in [3.63, 3.8) is 0 Å². The molecule has 1 rings (SSSR count). The van der Waals surface area contributed by atoms with Crippen molar-refractivity contribution in [2.45, 2.75) is 64.3 Å². The van der Waals surface area contributed by atoms with Crippen molar-refractivity contribution in [3.05, 3.63) is 48.6 Å². The molecule has 0 aliphatic carbocycles. The summed E-state index contributed by atoms with van der Waals surface area (Å²) in [5.74, 6) is 0. The number of benzene rings is 1. The quantitative estimate of drug-likeness (QED) is 0.477. The van der Waals surface area contributed by atoms with E-state index < -0.39 is 0 Å². The SMILES string of the molecule is C=CC[C@@H](C[C@H](O)CCCCC)OCc1ccccc1. The average molecular weight is 276 g/mol. The van der Waals surface area contributed by atoms with Gasteiger partial charge in [0.2, 0.25) is 0 Å². The minimum Gasteiger partial charge on any atom is -0.393 e. The van der Waals surface area contributed by atoms with Crippen molar-refractivity contribution in [2.75, 3.05) is 0 Å². The summed E-state index contributed by atoms with van der Waals surface area (Å²) in [7, 11) is 0. The number of ether oxygens (including phenoxy) is 1. The second-order valence-corrected chi connectivity index (χ2v) is 5.33. The topological polar surface area (TPSA) is 29.5 Å². The minimum absolute atomic E-state index is 0.0596. The van der Waals surface area contributed by atoms with Crippen molar-refractivity contribution >= 4 is 0 Å². The monoisotopic (exact) mass is 276 g/mol. The molecule has 0 bridgehead atoms. The molecule has 0 heterocycles. The third-order valence-electron chi connectivity index (χ3n) is 3.43. The van der Waals surface area contributed by atoms with E-state index in [2.05, 4.69) is 25.6 Å². The van der Waals surface area contributed by atoms with Crippen molar-refractivity contribution in [1.29, 1.82) is 0 Å². The summed E-state index contributed by atoms with van der Waals surface area (Å²) in [6.45, 7) is 6.55. The summed E-state index contributed by atoms with van der Waals surface area (Å²) in [5.41, 5.74) is 1.17. The van der Waals surface area contributed by atoms with Crippen LogP contribution in [0.4, 0.5) is 0 Å². The molecule has 0 saturated heterocycles. The van der Waals surface area contributed by atoms with Gasteiger partial charge in [-0.1, -0.05) is 62.6 Å². The van der Waals surface area contributed by atoms with Crippen LogP contribution in [0.2, 0.25) is 0 Å². The van der Waals surface area contributed by atoms with E-state index in [1.165, 1.54) is 18.4 Å². The van der Waals surface area contributed by atoms with E-state index in [0.29, 0.717) is 13.0 Å². The highest BCUT2D eigenvalue weighted by atomic mass is 16.5. The predicted octanol–water partition coefficient (Wildman–Crippen LogP) is 4.48. The van der Waals surface area contributed by atoms with Gasteiger partial charge in [0.25, 0.3) is 0 Å². The molecule has 0 saturated carbocycles. The largest absolute Gasteiger partial charge is 0.393 e. The number of aliphatic hydroxyl groups excluding tert-OH is 1. The molecule has 2 heteroatoms. The van der Waals surface area contributed by atoms with Crippen LogP contribution in [0.15, 0.2) is 43.0 Å². The molecule has 0 aromatic heterocycles. The van der Waals surface area contributed by atoms with Gasteiger partial charge in [0, 0.05) is 0 Å². The maximum atomic E-state index is 10.1. The van der Waals surface area contributed by atoms with Crippen LogP contribution in [0, 0.1) is 0 Å². The first kappa shape index (κ1) is 16.9. The molecule has 0 radical (unpaired) electrons. The normalized spacial score (nSPS) is 13.9. The molecule has 0 unspecified atom stereocenters. The molecule has 112 valence electrons. The Balaban J connectivity index is 2.33. The van der Waals surface area contributed by atoms with Crippen LogP contribution in [0.3, 0.4) is 0 Å². The minimum atomic E-state index is -0.262. The van der Waals surface area contributed by atoms with Crippen LogP contribution >= 0.6 is 0 Å². The number of hydrogen-bond acceptors (Lipinski definition) is 2. The number of aliphatic hydroxyl groups is 1. The Morgan fingerprint density at radius 3 is 2.65 bits per heavy atom. The second-order valence-electron chi connectivity index (χ2n) is 5.33. The van der Waals surface area contributed by atoms with Gasteiger partial charge in [0.15, 0.2) is 0 Å². The molecular weight excluding hydrogens is 248 g/mol. The van der Waals surface area contributed by atoms with E-state index in [1.807, 2.05) is 24.3 Å². The third-order valence-corrected chi connectivity index (χ3v) is 3.43. The van der Waals surface area contributed by atoms with E-state index in [9.17, 15) is 5.11 Å². The lowest BCUT2D eigenvalue weighted by Crippen LogP contribution is -2.20. The fourth-order valence-electron chi connectivity index (χ4n) is 2.26. The molecule has 20 heavy (non-hydrogen) atoms. The lowest BCUT2D eigenvalue weighted by Gasteiger charge is -2.20. The van der Waals surface area contributed by atoms with Crippen molar-refractivity contribution in [3.8, 4) is 0 Å². The summed E-state index contributed by atoms with van der Waals surface area (Å²) in [6.07, 6.45) is 7.50. The first-order chi connectivity index (χ1) is 9.76. The molecule has 2 atom stereocenters. The summed E-state index contributed by atoms with van der Waals surface area (Å²) in [4.78, 5) is 0. The van der Waals surface area contributed by atoms with Crippen LogP contribution in [-0.4, -0.2) is 17.3 Å². The van der Waals surface area contributed by atoms with Crippen LogP contribution in [-0.2, 0) is 11.3 Å². The van der Waals surface area contributed by atoms with Gasteiger partial charge in [-0.3, -0.25) is 0 Å². The smallest absolute Gasteiger partial charge is 0.0720 e. The summed E-state index contributed by atoms with van der Waals surface area (Å²) in [5, 5.41) is 10.1. The van der Waals surface area contributed by atoms with Crippen molar-refractivity contribution in [1.82, 2.24) is 0 Å². The Morgan fingerprint density at radius 2 is 2.00 bits per heavy atom. The molecule has 1 aromatic rings. The van der Waals surface area contributed by atoms with Gasteiger partial charge in [0.1, 0.15) is 0 Å². The second kappa shape index (κ2) is 10.6. The highest BCUT2D eigenvalue weighted by Gasteiger charge is 2.14. The summed E-state index contributed by atoms with van der Waals surface area (Å²) >= 11 is 0. The summed E-state index contributed by atoms with van der Waals surface area (Å²) < 4.78 is 5.91. The van der Waals surface area contributed by atoms with Crippen LogP contribution in [0.25, 0.3) is 0 Å². The lowest BCUT2D eigenvalue weighted by atomic mass is 10.0. The highest BCUT2D eigenvalue weighted by Crippen LogP contribution is 2.15. The molecule has 1 aromatic carbocycles. The van der Waals surface area contributed by atoms with E-state index in [0.717, 1.165) is 19.3 Å². The number of unbranched alkanes of at least 4 members (excludes halogenated alkanes) is 2. The maximum Gasteiger partial charge on any atom is 0.0720 e. The zero-order chi connectivity index (χ0) is 14.6. The molecule has 1 N–H and O–H groups in total. The first-order valence-electron chi connectivity index (χ1n) is 7.70. The van der Waals surface area contributed by atoms with Gasteiger partial charge in [-0.15, -0.1) is 6.58 Å². The Morgan fingerprint density at radius 1 is 1.25 bits per heavy atom.